The predicted molar refractivity (Wildman–Crippen MR) is 138 cm³/mol. The number of rotatable bonds is 6. The molecule has 4 N–H and O–H groups in total. The molecule has 1 aliphatic rings. The molecule has 1 aromatic carbocycles. The summed E-state index contributed by atoms with van der Waals surface area (Å²) in [5.74, 6) is 1.32. The second-order valence-corrected chi connectivity index (χ2v) is 9.88. The topological polar surface area (TPSA) is 143 Å². The van der Waals surface area contributed by atoms with Crippen molar-refractivity contribution in [1.29, 1.82) is 0 Å². The summed E-state index contributed by atoms with van der Waals surface area (Å²) in [4.78, 5) is 30.7. The second kappa shape index (κ2) is 9.50. The smallest absolute Gasteiger partial charge is 0.256 e. The first-order valence-electron chi connectivity index (χ1n) is 11.8. The molecule has 1 atom stereocenters. The number of carbonyl (C=O) groups excluding carboxylic acids is 1. The van der Waals surface area contributed by atoms with Crippen LogP contribution in [0.15, 0.2) is 36.8 Å². The molecule has 4 heterocycles. The van der Waals surface area contributed by atoms with Crippen LogP contribution in [0.3, 0.4) is 0 Å². The van der Waals surface area contributed by atoms with Crippen molar-refractivity contribution in [2.24, 2.45) is 0 Å². The SMILES string of the molecule is Cc1ccc(C(=O)Nc2cc(C(C)(C)C)n[nH]2)cc1Nc1ncnc2cnc(NC3CCOC3)nc12. The van der Waals surface area contributed by atoms with Crippen molar-refractivity contribution >= 4 is 40.2 Å². The Morgan fingerprint density at radius 2 is 2.03 bits per heavy atom. The van der Waals surface area contributed by atoms with Crippen LogP contribution in [0.2, 0.25) is 0 Å². The van der Waals surface area contributed by atoms with E-state index in [1.165, 1.54) is 6.33 Å². The molecule has 1 amide bonds. The molecule has 3 aromatic heterocycles. The van der Waals surface area contributed by atoms with Gasteiger partial charge in [0.1, 0.15) is 23.2 Å². The molecule has 0 spiro atoms. The third-order valence-corrected chi connectivity index (χ3v) is 5.99. The zero-order chi connectivity index (χ0) is 25.3. The van der Waals surface area contributed by atoms with Crippen molar-refractivity contribution in [1.82, 2.24) is 30.1 Å². The summed E-state index contributed by atoms with van der Waals surface area (Å²) in [6.45, 7) is 9.51. The minimum absolute atomic E-state index is 0.120. The lowest BCUT2D eigenvalue weighted by Crippen LogP contribution is -2.20. The molecule has 1 unspecified atom stereocenters. The number of fused-ring (bicyclic) bond motifs is 1. The minimum atomic E-state index is -0.248. The van der Waals surface area contributed by atoms with Crippen LogP contribution in [-0.4, -0.2) is 55.3 Å². The van der Waals surface area contributed by atoms with Gasteiger partial charge in [-0.05, 0) is 31.0 Å². The Hall–Kier alpha value is -4.12. The van der Waals surface area contributed by atoms with E-state index in [9.17, 15) is 4.79 Å². The number of nitrogens with one attached hydrogen (secondary N) is 4. The van der Waals surface area contributed by atoms with Gasteiger partial charge in [-0.25, -0.2) is 19.9 Å². The highest BCUT2D eigenvalue weighted by Gasteiger charge is 2.19. The van der Waals surface area contributed by atoms with Crippen LogP contribution in [0, 0.1) is 6.92 Å². The molecule has 11 heteroatoms. The third-order valence-electron chi connectivity index (χ3n) is 5.99. The van der Waals surface area contributed by atoms with Gasteiger partial charge in [0.15, 0.2) is 5.82 Å². The number of anilines is 4. The van der Waals surface area contributed by atoms with Gasteiger partial charge in [-0.15, -0.1) is 0 Å². The van der Waals surface area contributed by atoms with E-state index in [4.69, 9.17) is 4.74 Å². The largest absolute Gasteiger partial charge is 0.379 e. The molecule has 11 nitrogen and oxygen atoms in total. The lowest BCUT2D eigenvalue weighted by atomic mass is 9.92. The number of amides is 1. The molecule has 0 bridgehead atoms. The highest BCUT2D eigenvalue weighted by molar-refractivity contribution is 6.04. The fourth-order valence-corrected chi connectivity index (χ4v) is 3.84. The standard InChI is InChI=1S/C25H29N9O2/c1-14-5-6-15(23(35)31-20-10-19(33-34-20)25(2,3)4)9-17(14)30-22-21-18(27-13-28-22)11-26-24(32-21)29-16-7-8-36-12-16/h5-6,9-11,13,16H,7-8,12H2,1-4H3,(H,26,29,32)(H,27,28,30)(H2,31,33,34,35). The highest BCUT2D eigenvalue weighted by atomic mass is 16.5. The van der Waals surface area contributed by atoms with E-state index in [0.717, 1.165) is 30.0 Å². The fourth-order valence-electron chi connectivity index (χ4n) is 3.84. The number of aryl methyl sites for hydroxylation is 1. The van der Waals surface area contributed by atoms with Gasteiger partial charge in [-0.1, -0.05) is 26.8 Å². The van der Waals surface area contributed by atoms with Crippen molar-refractivity contribution in [2.45, 2.75) is 45.6 Å². The van der Waals surface area contributed by atoms with E-state index >= 15 is 0 Å². The predicted octanol–water partition coefficient (Wildman–Crippen LogP) is 3.95. The van der Waals surface area contributed by atoms with E-state index in [-0.39, 0.29) is 17.4 Å². The van der Waals surface area contributed by atoms with Crippen LogP contribution in [0.5, 0.6) is 0 Å². The van der Waals surface area contributed by atoms with Crippen molar-refractivity contribution in [2.75, 3.05) is 29.2 Å². The van der Waals surface area contributed by atoms with Gasteiger partial charge in [0.25, 0.3) is 5.91 Å². The van der Waals surface area contributed by atoms with Crippen LogP contribution < -0.4 is 16.0 Å². The summed E-state index contributed by atoms with van der Waals surface area (Å²) in [6, 6.07) is 7.48. The summed E-state index contributed by atoms with van der Waals surface area (Å²) in [6.07, 6.45) is 4.03. The maximum atomic E-state index is 13.0. The van der Waals surface area contributed by atoms with Gasteiger partial charge >= 0.3 is 0 Å². The monoisotopic (exact) mass is 487 g/mol. The Bertz CT molecular complexity index is 1400. The normalized spacial score (nSPS) is 15.7. The molecular formula is C25H29N9O2. The van der Waals surface area contributed by atoms with E-state index in [1.807, 2.05) is 19.1 Å². The van der Waals surface area contributed by atoms with Crippen LogP contribution in [0.25, 0.3) is 11.0 Å². The van der Waals surface area contributed by atoms with Crippen molar-refractivity contribution in [3.8, 4) is 0 Å². The van der Waals surface area contributed by atoms with Crippen LogP contribution in [0.4, 0.5) is 23.3 Å². The quantitative estimate of drug-likeness (QED) is 0.318. The molecule has 1 saturated heterocycles. The molecule has 1 aliphatic heterocycles. The highest BCUT2D eigenvalue weighted by Crippen LogP contribution is 2.26. The van der Waals surface area contributed by atoms with Crippen LogP contribution in [-0.2, 0) is 10.2 Å². The third kappa shape index (κ3) is 5.10. The van der Waals surface area contributed by atoms with Gasteiger partial charge in [0.05, 0.1) is 24.5 Å². The molecule has 36 heavy (non-hydrogen) atoms. The summed E-state index contributed by atoms with van der Waals surface area (Å²) in [5.41, 5.74) is 4.12. The van der Waals surface area contributed by atoms with E-state index in [1.54, 1.807) is 18.3 Å². The molecule has 1 fully saturated rings. The average molecular weight is 488 g/mol. The first kappa shape index (κ1) is 23.6. The van der Waals surface area contributed by atoms with Gasteiger partial charge in [0.2, 0.25) is 5.95 Å². The maximum Gasteiger partial charge on any atom is 0.256 e. The fraction of sp³-hybridized carbons (Fsp3) is 0.360. The summed E-state index contributed by atoms with van der Waals surface area (Å²) in [5, 5.41) is 16.7. The number of hydrogen-bond donors (Lipinski definition) is 4. The van der Waals surface area contributed by atoms with Crippen molar-refractivity contribution in [3.63, 3.8) is 0 Å². The zero-order valence-corrected chi connectivity index (χ0v) is 20.7. The van der Waals surface area contributed by atoms with Crippen LogP contribution in [0.1, 0.15) is 48.8 Å². The lowest BCUT2D eigenvalue weighted by Gasteiger charge is -2.14. The maximum absolute atomic E-state index is 13.0. The molecule has 5 rings (SSSR count). The molecule has 0 saturated carbocycles. The van der Waals surface area contributed by atoms with Gasteiger partial charge in [0, 0.05) is 29.3 Å². The second-order valence-electron chi connectivity index (χ2n) is 9.88. The molecule has 0 radical (unpaired) electrons. The first-order valence-corrected chi connectivity index (χ1v) is 11.8. The Balaban J connectivity index is 1.38. The number of carbonyl (C=O) groups is 1. The first-order chi connectivity index (χ1) is 17.3. The number of aromatic amines is 1. The zero-order valence-electron chi connectivity index (χ0n) is 20.7. The number of aromatic nitrogens is 6. The summed E-state index contributed by atoms with van der Waals surface area (Å²) >= 11 is 0. The van der Waals surface area contributed by atoms with Crippen LogP contribution >= 0.6 is 0 Å². The lowest BCUT2D eigenvalue weighted by molar-refractivity contribution is 0.102. The number of hydrogen-bond acceptors (Lipinski definition) is 9. The molecular weight excluding hydrogens is 458 g/mol. The number of nitrogens with zero attached hydrogens (tertiary/aromatic N) is 5. The average Bonchev–Trinajstić information content (AvgIpc) is 3.53. The Kier molecular flexibility index (Phi) is 6.23. The van der Waals surface area contributed by atoms with Crippen molar-refractivity contribution in [3.05, 3.63) is 53.6 Å². The minimum Gasteiger partial charge on any atom is -0.379 e. The van der Waals surface area contributed by atoms with Gasteiger partial charge < -0.3 is 20.7 Å². The number of benzene rings is 1. The van der Waals surface area contributed by atoms with E-state index in [2.05, 4.69) is 66.9 Å². The molecule has 186 valence electrons. The van der Waals surface area contributed by atoms with E-state index < -0.39 is 0 Å². The van der Waals surface area contributed by atoms with Crippen molar-refractivity contribution < 1.29 is 9.53 Å². The Labute approximate surface area is 208 Å². The Morgan fingerprint density at radius 1 is 1.17 bits per heavy atom. The van der Waals surface area contributed by atoms with Gasteiger partial charge in [-0.2, -0.15) is 5.10 Å². The molecule has 4 aromatic rings. The van der Waals surface area contributed by atoms with E-state index in [0.29, 0.717) is 40.8 Å². The molecule has 0 aliphatic carbocycles. The number of H-pyrrole nitrogens is 1. The summed E-state index contributed by atoms with van der Waals surface area (Å²) < 4.78 is 5.42. The number of ether oxygens (including phenoxy) is 1. The Morgan fingerprint density at radius 3 is 2.78 bits per heavy atom. The van der Waals surface area contributed by atoms with Gasteiger partial charge in [-0.3, -0.25) is 9.89 Å². The summed E-state index contributed by atoms with van der Waals surface area (Å²) in [7, 11) is 0.